The standard InChI is InChI=1S/C27H43NO/c1-17-5-10-25(28-16-17)18(2)26(3)14-12-22-21-7-6-19-15-20(29)11-13-27(19,4)24(21)9-8-23(22)26/h6,8,17-18,20-22,24-25,28-29H,5,7,9-16H2,1-4H3/t17-,18+,20-,21-,22-,24-,25-,26-,27-/m0/s1. The summed E-state index contributed by atoms with van der Waals surface area (Å²) in [7, 11) is 0. The monoisotopic (exact) mass is 397 g/mol. The molecule has 0 unspecified atom stereocenters. The third kappa shape index (κ3) is 3.11. The maximum atomic E-state index is 10.2. The van der Waals surface area contributed by atoms with Gasteiger partial charge in [0.15, 0.2) is 0 Å². The first-order valence-electron chi connectivity index (χ1n) is 12.6. The van der Waals surface area contributed by atoms with Crippen LogP contribution in [-0.2, 0) is 0 Å². The highest BCUT2D eigenvalue weighted by atomic mass is 16.3. The van der Waals surface area contributed by atoms with Gasteiger partial charge >= 0.3 is 0 Å². The predicted octanol–water partition coefficient (Wildman–Crippen LogP) is 5.87. The van der Waals surface area contributed by atoms with Crippen molar-refractivity contribution in [2.45, 2.75) is 97.6 Å². The van der Waals surface area contributed by atoms with Crippen LogP contribution >= 0.6 is 0 Å². The second-order valence-corrected chi connectivity index (χ2v) is 12.0. The van der Waals surface area contributed by atoms with Gasteiger partial charge in [0, 0.05) is 6.04 Å². The van der Waals surface area contributed by atoms with E-state index in [9.17, 15) is 5.11 Å². The van der Waals surface area contributed by atoms with Crippen LogP contribution in [0.5, 0.6) is 0 Å². The normalized spacial score (nSPS) is 50.7. The summed E-state index contributed by atoms with van der Waals surface area (Å²) < 4.78 is 0. The molecule has 0 aromatic heterocycles. The maximum Gasteiger partial charge on any atom is 0.0577 e. The molecule has 0 aromatic carbocycles. The molecule has 2 heteroatoms. The van der Waals surface area contributed by atoms with E-state index < -0.39 is 0 Å². The molecule has 3 fully saturated rings. The van der Waals surface area contributed by atoms with Crippen LogP contribution in [0, 0.1) is 40.4 Å². The third-order valence-corrected chi connectivity index (χ3v) is 10.6. The van der Waals surface area contributed by atoms with Gasteiger partial charge in [-0.05, 0) is 105 Å². The quantitative estimate of drug-likeness (QED) is 0.571. The Bertz CT molecular complexity index is 701. The van der Waals surface area contributed by atoms with Crippen LogP contribution in [0.1, 0.15) is 85.5 Å². The summed E-state index contributed by atoms with van der Waals surface area (Å²) in [4.78, 5) is 0. The average molecular weight is 398 g/mol. The van der Waals surface area contributed by atoms with Gasteiger partial charge in [0.1, 0.15) is 0 Å². The van der Waals surface area contributed by atoms with Gasteiger partial charge in [-0.3, -0.25) is 0 Å². The summed E-state index contributed by atoms with van der Waals surface area (Å²) in [5.41, 5.74) is 4.16. The minimum Gasteiger partial charge on any atom is -0.393 e. The zero-order valence-electron chi connectivity index (χ0n) is 19.2. The number of allylic oxidation sites excluding steroid dienone is 3. The van der Waals surface area contributed by atoms with Crippen LogP contribution in [0.4, 0.5) is 0 Å². The van der Waals surface area contributed by atoms with E-state index in [4.69, 9.17) is 0 Å². The highest BCUT2D eigenvalue weighted by Gasteiger charge is 2.55. The topological polar surface area (TPSA) is 32.3 Å². The second-order valence-electron chi connectivity index (χ2n) is 12.0. The second kappa shape index (κ2) is 7.23. The molecule has 1 saturated heterocycles. The van der Waals surface area contributed by atoms with Crippen LogP contribution in [0.15, 0.2) is 23.3 Å². The van der Waals surface area contributed by atoms with Crippen molar-refractivity contribution in [3.8, 4) is 0 Å². The van der Waals surface area contributed by atoms with Crippen LogP contribution in [0.3, 0.4) is 0 Å². The molecule has 0 spiro atoms. The molecule has 2 nitrogen and oxygen atoms in total. The number of nitrogens with one attached hydrogen (secondary N) is 1. The fourth-order valence-electron chi connectivity index (χ4n) is 8.39. The van der Waals surface area contributed by atoms with Gasteiger partial charge in [-0.25, -0.2) is 0 Å². The first kappa shape index (κ1) is 20.3. The Labute approximate surface area is 178 Å². The van der Waals surface area contributed by atoms with Gasteiger partial charge in [0.2, 0.25) is 0 Å². The Kier molecular flexibility index (Phi) is 5.06. The summed E-state index contributed by atoms with van der Waals surface area (Å²) in [5, 5.41) is 14.1. The van der Waals surface area contributed by atoms with E-state index in [1.54, 1.807) is 5.57 Å². The minimum atomic E-state index is -0.0955. The Morgan fingerprint density at radius 1 is 1.07 bits per heavy atom. The lowest BCUT2D eigenvalue weighted by Gasteiger charge is -2.54. The maximum absolute atomic E-state index is 10.2. The molecule has 9 atom stereocenters. The molecule has 5 aliphatic rings. The van der Waals surface area contributed by atoms with Gasteiger partial charge in [0.25, 0.3) is 0 Å². The van der Waals surface area contributed by atoms with E-state index >= 15 is 0 Å². The lowest BCUT2D eigenvalue weighted by molar-refractivity contribution is 0.0347. The summed E-state index contributed by atoms with van der Waals surface area (Å²) in [5.74, 6) is 4.03. The molecule has 0 amide bonds. The van der Waals surface area contributed by atoms with Crippen LogP contribution in [0.25, 0.3) is 0 Å². The SMILES string of the molecule is C[C@H]1CC[C@@H]([C@@H](C)[C@]2(C)CC[C@@H]3C2=CC[C@H]2[C@H]3CC=C3C[C@@H](O)CC[C@@]32C)NC1. The Hall–Kier alpha value is -0.600. The number of piperidine rings is 1. The first-order chi connectivity index (χ1) is 13.8. The largest absolute Gasteiger partial charge is 0.393 e. The highest BCUT2D eigenvalue weighted by Crippen LogP contribution is 2.64. The van der Waals surface area contributed by atoms with Crippen molar-refractivity contribution >= 4 is 0 Å². The zero-order valence-corrected chi connectivity index (χ0v) is 19.2. The van der Waals surface area contributed by atoms with E-state index in [1.165, 1.54) is 51.5 Å². The van der Waals surface area contributed by atoms with Crippen LogP contribution in [0.2, 0.25) is 0 Å². The van der Waals surface area contributed by atoms with Gasteiger partial charge in [-0.1, -0.05) is 51.0 Å². The third-order valence-electron chi connectivity index (χ3n) is 10.6. The number of hydrogen-bond acceptors (Lipinski definition) is 2. The Balaban J connectivity index is 1.39. The van der Waals surface area contributed by atoms with Crippen molar-refractivity contribution in [1.29, 1.82) is 0 Å². The van der Waals surface area contributed by atoms with Crippen LogP contribution in [-0.4, -0.2) is 23.8 Å². The van der Waals surface area contributed by atoms with Crippen molar-refractivity contribution in [1.82, 2.24) is 5.32 Å². The molecule has 4 aliphatic carbocycles. The molecule has 162 valence electrons. The van der Waals surface area contributed by atoms with E-state index in [0.29, 0.717) is 16.9 Å². The number of rotatable bonds is 2. The van der Waals surface area contributed by atoms with Crippen molar-refractivity contribution in [2.24, 2.45) is 40.4 Å². The van der Waals surface area contributed by atoms with Crippen LogP contribution < -0.4 is 5.32 Å². The highest BCUT2D eigenvalue weighted by molar-refractivity contribution is 5.33. The molecule has 29 heavy (non-hydrogen) atoms. The van der Waals surface area contributed by atoms with E-state index in [-0.39, 0.29) is 6.10 Å². The molecule has 1 aliphatic heterocycles. The summed E-state index contributed by atoms with van der Waals surface area (Å²) in [6.45, 7) is 11.3. The summed E-state index contributed by atoms with van der Waals surface area (Å²) in [6.07, 6.45) is 16.4. The molecule has 1 heterocycles. The molecular formula is C27H43NO. The zero-order chi connectivity index (χ0) is 20.4. The predicted molar refractivity (Wildman–Crippen MR) is 121 cm³/mol. The lowest BCUT2D eigenvalue weighted by atomic mass is 9.51. The molecule has 5 rings (SSSR count). The number of aliphatic hydroxyl groups excluding tert-OH is 1. The van der Waals surface area contributed by atoms with E-state index in [1.807, 2.05) is 5.57 Å². The fraction of sp³-hybridized carbons (Fsp3) is 0.852. The lowest BCUT2D eigenvalue weighted by Crippen LogP contribution is -2.48. The Morgan fingerprint density at radius 3 is 2.66 bits per heavy atom. The fourth-order valence-corrected chi connectivity index (χ4v) is 8.39. The number of fused-ring (bicyclic) bond motifs is 5. The average Bonchev–Trinajstić information content (AvgIpc) is 3.07. The molecule has 2 N–H and O–H groups in total. The smallest absolute Gasteiger partial charge is 0.0577 e. The van der Waals surface area contributed by atoms with Crippen molar-refractivity contribution in [3.63, 3.8) is 0 Å². The van der Waals surface area contributed by atoms with E-state index in [2.05, 4.69) is 45.2 Å². The molecular weight excluding hydrogens is 354 g/mol. The van der Waals surface area contributed by atoms with Crippen molar-refractivity contribution < 1.29 is 5.11 Å². The van der Waals surface area contributed by atoms with Gasteiger partial charge in [-0.2, -0.15) is 0 Å². The summed E-state index contributed by atoms with van der Waals surface area (Å²) >= 11 is 0. The molecule has 0 bridgehead atoms. The van der Waals surface area contributed by atoms with Gasteiger partial charge < -0.3 is 10.4 Å². The molecule has 0 radical (unpaired) electrons. The minimum absolute atomic E-state index is 0.0955. The molecule has 0 aromatic rings. The van der Waals surface area contributed by atoms with E-state index in [0.717, 1.165) is 42.4 Å². The molecule has 2 saturated carbocycles. The van der Waals surface area contributed by atoms with Crippen molar-refractivity contribution in [2.75, 3.05) is 6.54 Å². The van der Waals surface area contributed by atoms with Gasteiger partial charge in [-0.15, -0.1) is 0 Å². The number of hydrogen-bond donors (Lipinski definition) is 2. The van der Waals surface area contributed by atoms with Gasteiger partial charge in [0.05, 0.1) is 6.10 Å². The first-order valence-corrected chi connectivity index (χ1v) is 12.6. The Morgan fingerprint density at radius 2 is 1.90 bits per heavy atom. The summed E-state index contributed by atoms with van der Waals surface area (Å²) in [6, 6.07) is 0.698. The number of aliphatic hydroxyl groups is 1. The van der Waals surface area contributed by atoms with Crippen molar-refractivity contribution in [3.05, 3.63) is 23.3 Å².